The van der Waals surface area contributed by atoms with Crippen LogP contribution < -0.4 is 14.8 Å². The molecule has 0 saturated heterocycles. The molecule has 1 aromatic heterocycles. The zero-order valence-electron chi connectivity index (χ0n) is 12.0. The molecule has 1 heterocycles. The summed E-state index contributed by atoms with van der Waals surface area (Å²) in [6.45, 7) is 4.88. The van der Waals surface area contributed by atoms with Crippen LogP contribution >= 0.6 is 0 Å². The summed E-state index contributed by atoms with van der Waals surface area (Å²) in [5.74, 6) is 2.70. The maximum Gasteiger partial charge on any atom is 0.227 e. The fourth-order valence-electron chi connectivity index (χ4n) is 1.93. The summed E-state index contributed by atoms with van der Waals surface area (Å²) < 4.78 is 11.2. The first-order valence-electron chi connectivity index (χ1n) is 6.68. The number of benzene rings is 1. The van der Waals surface area contributed by atoms with Gasteiger partial charge in [-0.3, -0.25) is 0 Å². The third-order valence-corrected chi connectivity index (χ3v) is 2.88. The average molecular weight is 273 g/mol. The molecule has 0 spiro atoms. The van der Waals surface area contributed by atoms with Crippen molar-refractivity contribution in [3.63, 3.8) is 0 Å². The quantitative estimate of drug-likeness (QED) is 0.875. The summed E-state index contributed by atoms with van der Waals surface area (Å²) in [5.41, 5.74) is 0.959. The van der Waals surface area contributed by atoms with Crippen LogP contribution in [0.2, 0.25) is 0 Å². The van der Waals surface area contributed by atoms with Crippen molar-refractivity contribution in [3.8, 4) is 17.4 Å². The molecule has 1 aromatic carbocycles. The Labute approximate surface area is 119 Å². The van der Waals surface area contributed by atoms with Gasteiger partial charge in [-0.05, 0) is 25.5 Å². The van der Waals surface area contributed by atoms with E-state index in [0.29, 0.717) is 17.4 Å². The summed E-state index contributed by atoms with van der Waals surface area (Å²) in [4.78, 5) is 8.48. The lowest BCUT2D eigenvalue weighted by Gasteiger charge is -2.14. The highest BCUT2D eigenvalue weighted by Crippen LogP contribution is 2.33. The van der Waals surface area contributed by atoms with Crippen LogP contribution in [0.15, 0.2) is 30.6 Å². The summed E-state index contributed by atoms with van der Waals surface area (Å²) in [6.07, 6.45) is 2.29. The van der Waals surface area contributed by atoms with E-state index in [9.17, 15) is 0 Å². The number of ether oxygens (including phenoxy) is 2. The van der Waals surface area contributed by atoms with E-state index in [-0.39, 0.29) is 0 Å². The Kier molecular flexibility index (Phi) is 4.76. The molecule has 0 aliphatic rings. The lowest BCUT2D eigenvalue weighted by molar-refractivity contribution is 0.372. The van der Waals surface area contributed by atoms with Crippen LogP contribution in [-0.4, -0.2) is 23.6 Å². The minimum atomic E-state index is 0.558. The lowest BCUT2D eigenvalue weighted by Crippen LogP contribution is -2.06. The topological polar surface area (TPSA) is 56.3 Å². The van der Waals surface area contributed by atoms with Crippen molar-refractivity contribution in [2.75, 3.05) is 19.0 Å². The van der Waals surface area contributed by atoms with Gasteiger partial charge in [0.2, 0.25) is 5.88 Å². The van der Waals surface area contributed by atoms with Gasteiger partial charge in [0.05, 0.1) is 12.7 Å². The van der Waals surface area contributed by atoms with Crippen LogP contribution in [0.4, 0.5) is 5.82 Å². The van der Waals surface area contributed by atoms with Gasteiger partial charge in [0.15, 0.2) is 11.5 Å². The number of hydrogen-bond acceptors (Lipinski definition) is 5. The molecule has 2 rings (SSSR count). The van der Waals surface area contributed by atoms with Crippen molar-refractivity contribution in [3.05, 3.63) is 36.2 Å². The van der Waals surface area contributed by atoms with Gasteiger partial charge >= 0.3 is 0 Å². The Morgan fingerprint density at radius 3 is 2.50 bits per heavy atom. The first-order valence-corrected chi connectivity index (χ1v) is 6.68. The largest absolute Gasteiger partial charge is 0.493 e. The molecule has 0 radical (unpaired) electrons. The van der Waals surface area contributed by atoms with E-state index in [1.54, 1.807) is 7.11 Å². The molecule has 0 aliphatic heterocycles. The second-order valence-corrected chi connectivity index (χ2v) is 4.14. The number of aromatic nitrogens is 2. The predicted octanol–water partition coefficient (Wildman–Crippen LogP) is 3.27. The van der Waals surface area contributed by atoms with E-state index in [1.807, 2.05) is 31.2 Å². The van der Waals surface area contributed by atoms with Crippen LogP contribution in [0.3, 0.4) is 0 Å². The van der Waals surface area contributed by atoms with Gasteiger partial charge in [-0.2, -0.15) is 0 Å². The van der Waals surface area contributed by atoms with Crippen molar-refractivity contribution in [1.82, 2.24) is 9.97 Å². The van der Waals surface area contributed by atoms with Crippen LogP contribution in [0, 0.1) is 0 Å². The van der Waals surface area contributed by atoms with Crippen LogP contribution in [0.5, 0.6) is 17.4 Å². The Morgan fingerprint density at radius 1 is 1.10 bits per heavy atom. The third kappa shape index (κ3) is 2.99. The minimum Gasteiger partial charge on any atom is -0.493 e. The Balaban J connectivity index is 2.35. The predicted molar refractivity (Wildman–Crippen MR) is 78.6 cm³/mol. The molecule has 0 saturated carbocycles. The van der Waals surface area contributed by atoms with Gasteiger partial charge in [-0.15, -0.1) is 0 Å². The second-order valence-electron chi connectivity index (χ2n) is 4.14. The third-order valence-electron chi connectivity index (χ3n) is 2.88. The Morgan fingerprint density at radius 2 is 1.85 bits per heavy atom. The number of anilines is 1. The van der Waals surface area contributed by atoms with E-state index >= 15 is 0 Å². The molecule has 5 nitrogen and oxygen atoms in total. The van der Waals surface area contributed by atoms with Crippen LogP contribution in [0.1, 0.15) is 19.4 Å². The highest BCUT2D eigenvalue weighted by molar-refractivity contribution is 5.51. The monoisotopic (exact) mass is 273 g/mol. The summed E-state index contributed by atoms with van der Waals surface area (Å²) in [6, 6.07) is 7.51. The Hall–Kier alpha value is -2.30. The maximum atomic E-state index is 5.89. The molecule has 1 N–H and O–H groups in total. The number of para-hydroxylation sites is 2. The Bertz CT molecular complexity index is 573. The van der Waals surface area contributed by atoms with Crippen LogP contribution in [-0.2, 0) is 6.42 Å². The molecule has 2 aromatic rings. The summed E-state index contributed by atoms with van der Waals surface area (Å²) in [5, 5.41) is 3.22. The first kappa shape index (κ1) is 14.1. The van der Waals surface area contributed by atoms with Crippen molar-refractivity contribution in [2.45, 2.75) is 20.3 Å². The van der Waals surface area contributed by atoms with Gasteiger partial charge in [-0.1, -0.05) is 19.1 Å². The maximum absolute atomic E-state index is 5.89. The molecule has 0 unspecified atom stereocenters. The van der Waals surface area contributed by atoms with Crippen molar-refractivity contribution in [2.24, 2.45) is 0 Å². The first-order chi connectivity index (χ1) is 9.80. The SMILES string of the molecule is CCNc1ncnc(Oc2ccccc2OC)c1CC. The van der Waals surface area contributed by atoms with E-state index in [2.05, 4.69) is 22.2 Å². The van der Waals surface area contributed by atoms with Crippen molar-refractivity contribution in [1.29, 1.82) is 0 Å². The number of nitrogens with one attached hydrogen (secondary N) is 1. The molecule has 0 fully saturated rings. The molecule has 106 valence electrons. The number of hydrogen-bond donors (Lipinski definition) is 1. The molecule has 0 bridgehead atoms. The van der Waals surface area contributed by atoms with Gasteiger partial charge in [0.1, 0.15) is 12.1 Å². The zero-order chi connectivity index (χ0) is 14.4. The fourth-order valence-corrected chi connectivity index (χ4v) is 1.93. The van der Waals surface area contributed by atoms with Gasteiger partial charge < -0.3 is 14.8 Å². The summed E-state index contributed by atoms with van der Waals surface area (Å²) in [7, 11) is 1.62. The fraction of sp³-hybridized carbons (Fsp3) is 0.333. The summed E-state index contributed by atoms with van der Waals surface area (Å²) >= 11 is 0. The van der Waals surface area contributed by atoms with E-state index < -0.39 is 0 Å². The van der Waals surface area contributed by atoms with Crippen LogP contribution in [0.25, 0.3) is 0 Å². The zero-order valence-corrected chi connectivity index (χ0v) is 12.0. The standard InChI is InChI=1S/C15H19N3O2/c1-4-11-14(16-5-2)17-10-18-15(11)20-13-9-7-6-8-12(13)19-3/h6-10H,4-5H2,1-3H3,(H,16,17,18). The molecular formula is C15H19N3O2. The normalized spacial score (nSPS) is 10.2. The number of methoxy groups -OCH3 is 1. The molecule has 0 amide bonds. The van der Waals surface area contributed by atoms with Crippen molar-refractivity contribution < 1.29 is 9.47 Å². The minimum absolute atomic E-state index is 0.558. The van der Waals surface area contributed by atoms with E-state index in [0.717, 1.165) is 24.3 Å². The average Bonchev–Trinajstić information content (AvgIpc) is 2.48. The highest BCUT2D eigenvalue weighted by Gasteiger charge is 2.13. The van der Waals surface area contributed by atoms with Gasteiger partial charge in [0, 0.05) is 6.54 Å². The number of rotatable bonds is 6. The smallest absolute Gasteiger partial charge is 0.227 e. The highest BCUT2D eigenvalue weighted by atomic mass is 16.5. The number of nitrogens with zero attached hydrogens (tertiary/aromatic N) is 2. The van der Waals surface area contributed by atoms with E-state index in [4.69, 9.17) is 9.47 Å². The van der Waals surface area contributed by atoms with Crippen molar-refractivity contribution >= 4 is 5.82 Å². The molecule has 5 heteroatoms. The molecular weight excluding hydrogens is 254 g/mol. The molecule has 0 aliphatic carbocycles. The molecule has 20 heavy (non-hydrogen) atoms. The molecule has 0 atom stereocenters. The van der Waals surface area contributed by atoms with Gasteiger partial charge in [-0.25, -0.2) is 9.97 Å². The lowest BCUT2D eigenvalue weighted by atomic mass is 10.2. The second kappa shape index (κ2) is 6.75. The van der Waals surface area contributed by atoms with E-state index in [1.165, 1.54) is 6.33 Å². The van der Waals surface area contributed by atoms with Gasteiger partial charge in [0.25, 0.3) is 0 Å².